The number of benzene rings is 1. The summed E-state index contributed by atoms with van der Waals surface area (Å²) in [6.07, 6.45) is 1.11. The topological polar surface area (TPSA) is 20.3 Å². The summed E-state index contributed by atoms with van der Waals surface area (Å²) in [5.41, 5.74) is 0.615. The summed E-state index contributed by atoms with van der Waals surface area (Å²) >= 11 is 5.90. The van der Waals surface area contributed by atoms with E-state index in [1.54, 1.807) is 17.0 Å². The van der Waals surface area contributed by atoms with Gasteiger partial charge in [0.15, 0.2) is 0 Å². The third-order valence-corrected chi connectivity index (χ3v) is 2.58. The van der Waals surface area contributed by atoms with Gasteiger partial charge in [-0.2, -0.15) is 0 Å². The van der Waals surface area contributed by atoms with E-state index < -0.39 is 0 Å². The molecular weight excluding hydrogens is 186 g/mol. The van der Waals surface area contributed by atoms with Crippen LogP contribution in [0.1, 0.15) is 16.8 Å². The summed E-state index contributed by atoms with van der Waals surface area (Å²) in [6, 6.07) is 7.17. The Morgan fingerprint density at radius 2 is 2.00 bits per heavy atom. The molecule has 1 aromatic carbocycles. The van der Waals surface area contributed by atoms with Crippen LogP contribution in [0.3, 0.4) is 0 Å². The number of rotatable bonds is 1. The molecule has 0 aliphatic carbocycles. The maximum absolute atomic E-state index is 11.7. The van der Waals surface area contributed by atoms with Gasteiger partial charge in [0.1, 0.15) is 0 Å². The van der Waals surface area contributed by atoms with Crippen molar-refractivity contribution in [2.45, 2.75) is 6.42 Å². The molecule has 1 fully saturated rings. The molecule has 1 aromatic rings. The Hall–Kier alpha value is -1.02. The number of amides is 1. The van der Waals surface area contributed by atoms with Crippen molar-refractivity contribution in [3.63, 3.8) is 0 Å². The number of carbonyl (C=O) groups excluding carboxylic acids is 1. The van der Waals surface area contributed by atoms with Crippen LogP contribution in [-0.2, 0) is 0 Å². The lowest BCUT2D eigenvalue weighted by Gasteiger charge is -2.31. The van der Waals surface area contributed by atoms with Gasteiger partial charge in [0.25, 0.3) is 5.91 Å². The maximum Gasteiger partial charge on any atom is 0.255 e. The minimum absolute atomic E-state index is 0.0526. The third kappa shape index (κ3) is 1.54. The van der Waals surface area contributed by atoms with Crippen LogP contribution < -0.4 is 0 Å². The lowest BCUT2D eigenvalue weighted by atomic mass is 10.1. The van der Waals surface area contributed by atoms with Gasteiger partial charge in [-0.1, -0.05) is 23.7 Å². The normalized spacial score (nSPS) is 15.3. The highest BCUT2D eigenvalue weighted by Crippen LogP contribution is 2.19. The van der Waals surface area contributed by atoms with Gasteiger partial charge in [0.05, 0.1) is 10.6 Å². The summed E-state index contributed by atoms with van der Waals surface area (Å²) in [5.74, 6) is 0.0526. The van der Waals surface area contributed by atoms with Crippen LogP contribution in [0.5, 0.6) is 0 Å². The molecule has 1 heterocycles. The molecule has 0 spiro atoms. The van der Waals surface area contributed by atoms with Crippen molar-refractivity contribution in [3.8, 4) is 0 Å². The van der Waals surface area contributed by atoms with Crippen LogP contribution in [0, 0.1) is 0 Å². The van der Waals surface area contributed by atoms with Gasteiger partial charge >= 0.3 is 0 Å². The largest absolute Gasteiger partial charge is 0.338 e. The number of nitrogens with zero attached hydrogens (tertiary/aromatic N) is 1. The average molecular weight is 196 g/mol. The molecule has 0 bridgehead atoms. The van der Waals surface area contributed by atoms with E-state index in [4.69, 9.17) is 11.6 Å². The smallest absolute Gasteiger partial charge is 0.255 e. The first-order chi connectivity index (χ1) is 6.29. The van der Waals surface area contributed by atoms with Gasteiger partial charge in [0, 0.05) is 13.1 Å². The highest BCUT2D eigenvalue weighted by Gasteiger charge is 2.22. The fourth-order valence-electron chi connectivity index (χ4n) is 1.32. The molecule has 0 N–H and O–H groups in total. The zero-order valence-electron chi connectivity index (χ0n) is 7.16. The molecule has 68 valence electrons. The molecular formula is C10H10ClNO. The van der Waals surface area contributed by atoms with Gasteiger partial charge in [-0.15, -0.1) is 0 Å². The maximum atomic E-state index is 11.7. The number of halogens is 1. The predicted octanol–water partition coefficient (Wildman–Crippen LogP) is 2.19. The second-order valence-corrected chi connectivity index (χ2v) is 3.53. The molecule has 3 heteroatoms. The van der Waals surface area contributed by atoms with Crippen molar-refractivity contribution >= 4 is 17.5 Å². The van der Waals surface area contributed by atoms with Gasteiger partial charge in [-0.25, -0.2) is 0 Å². The quantitative estimate of drug-likeness (QED) is 0.673. The van der Waals surface area contributed by atoms with Gasteiger partial charge in [-0.3, -0.25) is 4.79 Å². The van der Waals surface area contributed by atoms with E-state index in [1.165, 1.54) is 0 Å². The first-order valence-electron chi connectivity index (χ1n) is 4.33. The Bertz CT molecular complexity index is 333. The van der Waals surface area contributed by atoms with Crippen molar-refractivity contribution in [2.75, 3.05) is 13.1 Å². The van der Waals surface area contributed by atoms with E-state index in [0.29, 0.717) is 10.6 Å². The van der Waals surface area contributed by atoms with E-state index in [9.17, 15) is 4.79 Å². The Labute approximate surface area is 82.1 Å². The summed E-state index contributed by atoms with van der Waals surface area (Å²) in [5, 5.41) is 0.541. The second kappa shape index (κ2) is 3.38. The van der Waals surface area contributed by atoms with Crippen LogP contribution in [0.4, 0.5) is 0 Å². The third-order valence-electron chi connectivity index (χ3n) is 2.25. The summed E-state index contributed by atoms with van der Waals surface area (Å²) in [6.45, 7) is 1.73. The molecule has 1 aliphatic heterocycles. The predicted molar refractivity (Wildman–Crippen MR) is 52.0 cm³/mol. The van der Waals surface area contributed by atoms with Gasteiger partial charge in [-0.05, 0) is 18.6 Å². The number of hydrogen-bond donors (Lipinski definition) is 0. The lowest BCUT2D eigenvalue weighted by molar-refractivity contribution is 0.0652. The fourth-order valence-corrected chi connectivity index (χ4v) is 1.54. The van der Waals surface area contributed by atoms with E-state index in [2.05, 4.69) is 0 Å². The zero-order valence-corrected chi connectivity index (χ0v) is 7.92. The number of hydrogen-bond acceptors (Lipinski definition) is 1. The van der Waals surface area contributed by atoms with Crippen molar-refractivity contribution in [2.24, 2.45) is 0 Å². The monoisotopic (exact) mass is 195 g/mol. The first-order valence-corrected chi connectivity index (χ1v) is 4.70. The molecule has 2 rings (SSSR count). The molecule has 0 unspecified atom stereocenters. The van der Waals surface area contributed by atoms with E-state index >= 15 is 0 Å². The van der Waals surface area contributed by atoms with Crippen LogP contribution in [-0.4, -0.2) is 23.9 Å². The minimum atomic E-state index is 0.0526. The molecule has 0 atom stereocenters. The molecule has 2 nitrogen and oxygen atoms in total. The Kier molecular flexibility index (Phi) is 2.23. The van der Waals surface area contributed by atoms with Gasteiger partial charge in [0.2, 0.25) is 0 Å². The average Bonchev–Trinajstić information content (AvgIpc) is 2.01. The van der Waals surface area contributed by atoms with E-state index in [0.717, 1.165) is 19.5 Å². The summed E-state index contributed by atoms with van der Waals surface area (Å²) < 4.78 is 0. The molecule has 1 aliphatic rings. The zero-order chi connectivity index (χ0) is 9.26. The van der Waals surface area contributed by atoms with Gasteiger partial charge < -0.3 is 4.90 Å². The fraction of sp³-hybridized carbons (Fsp3) is 0.300. The standard InChI is InChI=1S/C10H10ClNO/c11-9-5-2-1-4-8(9)10(13)12-6-3-7-12/h1-2,4-5H,3,6-7H2. The van der Waals surface area contributed by atoms with Crippen LogP contribution in [0.15, 0.2) is 24.3 Å². The molecule has 1 saturated heterocycles. The first kappa shape index (κ1) is 8.57. The van der Waals surface area contributed by atoms with Crippen molar-refractivity contribution < 1.29 is 4.79 Å². The molecule has 13 heavy (non-hydrogen) atoms. The van der Waals surface area contributed by atoms with Crippen molar-refractivity contribution in [3.05, 3.63) is 34.9 Å². The minimum Gasteiger partial charge on any atom is -0.338 e. The van der Waals surface area contributed by atoms with E-state index in [-0.39, 0.29) is 5.91 Å². The molecule has 0 radical (unpaired) electrons. The van der Waals surface area contributed by atoms with Crippen LogP contribution >= 0.6 is 11.6 Å². The SMILES string of the molecule is O=C(c1ccccc1Cl)N1CCC1. The van der Waals surface area contributed by atoms with Crippen molar-refractivity contribution in [1.29, 1.82) is 0 Å². The lowest BCUT2D eigenvalue weighted by Crippen LogP contribution is -2.42. The summed E-state index contributed by atoms with van der Waals surface area (Å²) in [7, 11) is 0. The highest BCUT2D eigenvalue weighted by atomic mass is 35.5. The Morgan fingerprint density at radius 1 is 1.31 bits per heavy atom. The number of likely N-dealkylation sites (tertiary alicyclic amines) is 1. The Morgan fingerprint density at radius 3 is 2.54 bits per heavy atom. The molecule has 1 amide bonds. The second-order valence-electron chi connectivity index (χ2n) is 3.13. The number of carbonyl (C=O) groups is 1. The van der Waals surface area contributed by atoms with Crippen LogP contribution in [0.2, 0.25) is 5.02 Å². The molecule has 0 saturated carbocycles. The van der Waals surface area contributed by atoms with E-state index in [1.807, 2.05) is 12.1 Å². The highest BCUT2D eigenvalue weighted by molar-refractivity contribution is 6.33. The molecule has 0 aromatic heterocycles. The van der Waals surface area contributed by atoms with Crippen molar-refractivity contribution in [1.82, 2.24) is 4.90 Å². The summed E-state index contributed by atoms with van der Waals surface area (Å²) in [4.78, 5) is 13.5. The van der Waals surface area contributed by atoms with Crippen LogP contribution in [0.25, 0.3) is 0 Å². The Balaban J connectivity index is 2.24.